The molecule has 0 fully saturated rings. The molecule has 1 aromatic carbocycles. The van der Waals surface area contributed by atoms with Gasteiger partial charge in [0.05, 0.1) is 37.7 Å². The standard InChI is InChI=1S/C20H21N7O4S/c1-30-16-9-15(24-19(25-16)31-2)27-8-7-13-14(10-27)32-20(23-13)26-18(29)22-12-6-4-3-5-11(12)17(21)28/h3-6,9H,7-8,10H2,1-2H3,(H2,21,28)(H2,22,23,26,29). The SMILES string of the molecule is COc1cc(N2CCc3nc(NC(=O)Nc4ccccc4C(N)=O)sc3C2)nc(OC)n1. The molecule has 3 heterocycles. The molecule has 0 spiro atoms. The molecule has 0 saturated heterocycles. The Morgan fingerprint density at radius 2 is 1.94 bits per heavy atom. The first-order valence-electron chi connectivity index (χ1n) is 9.64. The molecule has 1 aliphatic heterocycles. The van der Waals surface area contributed by atoms with Gasteiger partial charge in [0.2, 0.25) is 5.88 Å². The number of primary amides is 1. The summed E-state index contributed by atoms with van der Waals surface area (Å²) in [5.74, 6) is 0.476. The van der Waals surface area contributed by atoms with Gasteiger partial charge in [0.15, 0.2) is 5.13 Å². The lowest BCUT2D eigenvalue weighted by Gasteiger charge is -2.27. The van der Waals surface area contributed by atoms with Crippen molar-refractivity contribution in [2.75, 3.05) is 36.3 Å². The van der Waals surface area contributed by atoms with Gasteiger partial charge in [-0.15, -0.1) is 0 Å². The average molecular weight is 456 g/mol. The quantitative estimate of drug-likeness (QED) is 0.513. The minimum Gasteiger partial charge on any atom is -0.481 e. The van der Waals surface area contributed by atoms with Gasteiger partial charge in [0.1, 0.15) is 5.82 Å². The molecule has 0 unspecified atom stereocenters. The van der Waals surface area contributed by atoms with Gasteiger partial charge in [-0.1, -0.05) is 23.5 Å². The zero-order valence-corrected chi connectivity index (χ0v) is 18.2. The number of thiazole rings is 1. The number of anilines is 3. The number of carbonyl (C=O) groups is 2. The van der Waals surface area contributed by atoms with Crippen molar-refractivity contribution in [3.63, 3.8) is 0 Å². The van der Waals surface area contributed by atoms with Crippen molar-refractivity contribution < 1.29 is 19.1 Å². The molecular formula is C20H21N7O4S. The van der Waals surface area contributed by atoms with E-state index in [1.165, 1.54) is 25.6 Å². The number of amides is 3. The van der Waals surface area contributed by atoms with Gasteiger partial charge in [-0.2, -0.15) is 9.97 Å². The van der Waals surface area contributed by atoms with Crippen LogP contribution in [0.15, 0.2) is 30.3 Å². The molecule has 0 saturated carbocycles. The molecule has 12 heteroatoms. The van der Waals surface area contributed by atoms with Crippen molar-refractivity contribution in [2.24, 2.45) is 5.73 Å². The van der Waals surface area contributed by atoms with Gasteiger partial charge in [0.25, 0.3) is 5.91 Å². The zero-order chi connectivity index (χ0) is 22.7. The fourth-order valence-corrected chi connectivity index (χ4v) is 4.27. The predicted molar refractivity (Wildman–Crippen MR) is 120 cm³/mol. The number of nitrogens with two attached hydrogens (primary N) is 1. The van der Waals surface area contributed by atoms with Gasteiger partial charge in [-0.25, -0.2) is 9.78 Å². The number of nitrogens with one attached hydrogen (secondary N) is 2. The second-order valence-electron chi connectivity index (χ2n) is 6.80. The summed E-state index contributed by atoms with van der Waals surface area (Å²) < 4.78 is 10.4. The maximum absolute atomic E-state index is 12.4. The highest BCUT2D eigenvalue weighted by atomic mass is 32.1. The minimum atomic E-state index is -0.622. The Hall–Kier alpha value is -3.93. The number of fused-ring (bicyclic) bond motifs is 1. The number of benzene rings is 1. The molecule has 32 heavy (non-hydrogen) atoms. The van der Waals surface area contributed by atoms with E-state index in [9.17, 15) is 9.59 Å². The van der Waals surface area contributed by atoms with Crippen LogP contribution < -0.4 is 30.7 Å². The van der Waals surface area contributed by atoms with E-state index in [2.05, 4.69) is 30.5 Å². The number of aromatic nitrogens is 3. The summed E-state index contributed by atoms with van der Waals surface area (Å²) in [6.07, 6.45) is 0.689. The van der Waals surface area contributed by atoms with Crippen LogP contribution >= 0.6 is 11.3 Å². The number of methoxy groups -OCH3 is 2. The molecule has 0 atom stereocenters. The van der Waals surface area contributed by atoms with Crippen LogP contribution in [0.25, 0.3) is 0 Å². The Bertz CT molecular complexity index is 1140. The molecule has 0 radical (unpaired) electrons. The van der Waals surface area contributed by atoms with E-state index >= 15 is 0 Å². The third-order valence-electron chi connectivity index (χ3n) is 4.78. The lowest BCUT2D eigenvalue weighted by Crippen LogP contribution is -2.30. The first kappa shape index (κ1) is 21.3. The van der Waals surface area contributed by atoms with Gasteiger partial charge in [-0.3, -0.25) is 10.1 Å². The Labute approximate surface area is 187 Å². The van der Waals surface area contributed by atoms with Crippen LogP contribution in [0.2, 0.25) is 0 Å². The lowest BCUT2D eigenvalue weighted by molar-refractivity contribution is 0.100. The van der Waals surface area contributed by atoms with Crippen LogP contribution in [0.1, 0.15) is 20.9 Å². The molecule has 166 valence electrons. The van der Waals surface area contributed by atoms with Crippen molar-refractivity contribution in [3.05, 3.63) is 46.5 Å². The number of rotatable bonds is 6. The fraction of sp³-hybridized carbons (Fsp3) is 0.250. The average Bonchev–Trinajstić information content (AvgIpc) is 3.20. The summed E-state index contributed by atoms with van der Waals surface area (Å²) in [5.41, 5.74) is 6.84. The Kier molecular flexibility index (Phi) is 6.03. The second kappa shape index (κ2) is 9.06. The fourth-order valence-electron chi connectivity index (χ4n) is 3.25. The number of urea groups is 1. The summed E-state index contributed by atoms with van der Waals surface area (Å²) in [7, 11) is 3.04. The van der Waals surface area contributed by atoms with E-state index in [4.69, 9.17) is 15.2 Å². The van der Waals surface area contributed by atoms with Crippen LogP contribution in [-0.2, 0) is 13.0 Å². The number of hydrogen-bond acceptors (Lipinski definition) is 9. The molecule has 11 nitrogen and oxygen atoms in total. The summed E-state index contributed by atoms with van der Waals surface area (Å²) >= 11 is 1.38. The maximum atomic E-state index is 12.4. The second-order valence-corrected chi connectivity index (χ2v) is 7.89. The Morgan fingerprint density at radius 1 is 1.12 bits per heavy atom. The summed E-state index contributed by atoms with van der Waals surface area (Å²) in [6.45, 7) is 1.27. The van der Waals surface area contributed by atoms with Crippen LogP contribution in [0, 0.1) is 0 Å². The van der Waals surface area contributed by atoms with E-state index in [0.717, 1.165) is 10.6 Å². The number of ether oxygens (including phenoxy) is 2. The van der Waals surface area contributed by atoms with Crippen molar-refractivity contribution in [2.45, 2.75) is 13.0 Å². The van der Waals surface area contributed by atoms with E-state index in [1.54, 1.807) is 30.3 Å². The minimum absolute atomic E-state index is 0.227. The number of nitrogens with zero attached hydrogens (tertiary/aromatic N) is 4. The topological polar surface area (TPSA) is 145 Å². The van der Waals surface area contributed by atoms with Crippen LogP contribution in [0.3, 0.4) is 0 Å². The number of para-hydroxylation sites is 1. The molecule has 4 rings (SSSR count). The smallest absolute Gasteiger partial charge is 0.325 e. The third-order valence-corrected chi connectivity index (χ3v) is 5.77. The Morgan fingerprint density at radius 3 is 2.69 bits per heavy atom. The van der Waals surface area contributed by atoms with Gasteiger partial charge in [-0.05, 0) is 12.1 Å². The van der Waals surface area contributed by atoms with E-state index < -0.39 is 11.9 Å². The molecule has 0 aliphatic carbocycles. The monoisotopic (exact) mass is 455 g/mol. The van der Waals surface area contributed by atoms with Crippen molar-refractivity contribution in [3.8, 4) is 11.9 Å². The molecule has 3 aromatic rings. The summed E-state index contributed by atoms with van der Waals surface area (Å²) in [6, 6.07) is 8.00. The Balaban J connectivity index is 1.46. The first-order valence-corrected chi connectivity index (χ1v) is 10.5. The number of carbonyl (C=O) groups excluding carboxylic acids is 2. The highest BCUT2D eigenvalue weighted by Crippen LogP contribution is 2.31. The van der Waals surface area contributed by atoms with Crippen LogP contribution in [0.5, 0.6) is 11.9 Å². The molecule has 4 N–H and O–H groups in total. The van der Waals surface area contributed by atoms with E-state index in [1.807, 2.05) is 0 Å². The van der Waals surface area contributed by atoms with Gasteiger partial charge < -0.3 is 25.4 Å². The molecule has 2 aromatic heterocycles. The summed E-state index contributed by atoms with van der Waals surface area (Å²) in [5, 5.41) is 5.83. The maximum Gasteiger partial charge on any atom is 0.325 e. The largest absolute Gasteiger partial charge is 0.481 e. The van der Waals surface area contributed by atoms with Crippen molar-refractivity contribution >= 4 is 39.9 Å². The normalized spacial score (nSPS) is 12.6. The molecule has 3 amide bonds. The van der Waals surface area contributed by atoms with Crippen LogP contribution in [0.4, 0.5) is 21.4 Å². The van der Waals surface area contributed by atoms with Gasteiger partial charge in [0, 0.05) is 23.9 Å². The molecule has 1 aliphatic rings. The lowest BCUT2D eigenvalue weighted by atomic mass is 10.1. The van der Waals surface area contributed by atoms with Crippen molar-refractivity contribution in [1.29, 1.82) is 0 Å². The third kappa shape index (κ3) is 4.54. The predicted octanol–water partition coefficient (Wildman–Crippen LogP) is 2.26. The first-order chi connectivity index (χ1) is 15.5. The highest BCUT2D eigenvalue weighted by Gasteiger charge is 2.24. The highest BCUT2D eigenvalue weighted by molar-refractivity contribution is 7.15. The van der Waals surface area contributed by atoms with E-state index in [-0.39, 0.29) is 11.6 Å². The van der Waals surface area contributed by atoms with Crippen molar-refractivity contribution in [1.82, 2.24) is 15.0 Å². The van der Waals surface area contributed by atoms with E-state index in [0.29, 0.717) is 42.0 Å². The zero-order valence-electron chi connectivity index (χ0n) is 17.4. The van der Waals surface area contributed by atoms with Gasteiger partial charge >= 0.3 is 12.0 Å². The summed E-state index contributed by atoms with van der Waals surface area (Å²) in [4.78, 5) is 40.1. The molecule has 0 bridgehead atoms. The molecular weight excluding hydrogens is 434 g/mol. The van der Waals surface area contributed by atoms with Crippen LogP contribution in [-0.4, -0.2) is 47.7 Å². The number of hydrogen-bond donors (Lipinski definition) is 3.